The zero-order valence-corrected chi connectivity index (χ0v) is 54.8. The summed E-state index contributed by atoms with van der Waals surface area (Å²) in [4.78, 5) is 38.4. The monoisotopic (exact) mass is 1150 g/mol. The van der Waals surface area contributed by atoms with Crippen molar-refractivity contribution in [3.05, 3.63) is 72.9 Å². The quantitative estimate of drug-likeness (QED) is 0.0261. The lowest BCUT2D eigenvalue weighted by Crippen LogP contribution is -2.30. The Hall–Kier alpha value is -3.15. The van der Waals surface area contributed by atoms with Gasteiger partial charge in [-0.1, -0.05) is 338 Å². The van der Waals surface area contributed by atoms with Crippen molar-refractivity contribution in [1.82, 2.24) is 0 Å². The number of unbranched alkanes of at least 4 members (excludes halogenated alkanes) is 43. The van der Waals surface area contributed by atoms with Crippen LogP contribution < -0.4 is 0 Å². The summed E-state index contributed by atoms with van der Waals surface area (Å²) in [6, 6.07) is 0. The van der Waals surface area contributed by atoms with Crippen molar-refractivity contribution in [1.29, 1.82) is 0 Å². The van der Waals surface area contributed by atoms with Crippen LogP contribution in [0.15, 0.2) is 72.9 Å². The molecule has 1 atom stereocenters. The molecule has 1 unspecified atom stereocenters. The van der Waals surface area contributed by atoms with Gasteiger partial charge in [0.15, 0.2) is 6.10 Å². The summed E-state index contributed by atoms with van der Waals surface area (Å²) < 4.78 is 17.0. The molecule has 0 aliphatic carbocycles. The lowest BCUT2D eigenvalue weighted by atomic mass is 10.0. The highest BCUT2D eigenvalue weighted by atomic mass is 16.6. The first-order chi connectivity index (χ1) is 40.5. The Morgan fingerprint density at radius 3 is 0.768 bits per heavy atom. The summed E-state index contributed by atoms with van der Waals surface area (Å²) in [5.41, 5.74) is 0. The molecule has 0 spiro atoms. The molecule has 0 radical (unpaired) electrons. The maximum absolute atomic E-state index is 13.0. The van der Waals surface area contributed by atoms with Gasteiger partial charge in [0.05, 0.1) is 0 Å². The standard InChI is InChI=1S/C76H136O6/c1-4-7-10-13-16-19-22-25-28-30-32-34-36-37-38-39-40-42-43-45-48-51-54-57-60-63-66-69-75(78)81-72-73(71-80-74(77)68-65-62-59-56-53-50-47-27-24-21-18-15-12-9-6-3)82-76(79)70-67-64-61-58-55-52-49-46-44-41-35-33-31-29-26-23-20-17-14-11-8-5-2/h9,12,18,21-22,25,27,30,32,47,53,56,73H,4-8,10-11,13-17,19-20,23-24,26,28-29,31,33-46,48-52,54-55,57-72H2,1-3H3/b12-9-,21-18-,25-22-,32-30-,47-27-,56-53-. The predicted molar refractivity (Wildman–Crippen MR) is 358 cm³/mol. The molecule has 0 bridgehead atoms. The molecular formula is C76H136O6. The number of rotatable bonds is 66. The second kappa shape index (κ2) is 70.3. The van der Waals surface area contributed by atoms with Gasteiger partial charge in [0, 0.05) is 19.3 Å². The molecule has 0 fully saturated rings. The highest BCUT2D eigenvalue weighted by Crippen LogP contribution is 2.18. The molecule has 0 saturated carbocycles. The highest BCUT2D eigenvalue weighted by Gasteiger charge is 2.19. The number of hydrogen-bond acceptors (Lipinski definition) is 6. The van der Waals surface area contributed by atoms with Gasteiger partial charge in [-0.05, 0) is 89.9 Å². The predicted octanol–water partition coefficient (Wildman–Crippen LogP) is 24.8. The molecule has 0 aliphatic rings. The molecule has 476 valence electrons. The van der Waals surface area contributed by atoms with E-state index in [2.05, 4.69) is 93.7 Å². The largest absolute Gasteiger partial charge is 0.462 e. The maximum Gasteiger partial charge on any atom is 0.306 e. The molecule has 0 N–H and O–H groups in total. The number of carbonyl (C=O) groups is 3. The topological polar surface area (TPSA) is 78.9 Å². The summed E-state index contributed by atoms with van der Waals surface area (Å²) in [7, 11) is 0. The van der Waals surface area contributed by atoms with Crippen LogP contribution in [-0.2, 0) is 28.6 Å². The van der Waals surface area contributed by atoms with Crippen molar-refractivity contribution in [2.45, 2.75) is 380 Å². The Labute approximate surface area is 510 Å². The van der Waals surface area contributed by atoms with Crippen molar-refractivity contribution in [3.63, 3.8) is 0 Å². The molecule has 0 amide bonds. The Morgan fingerprint density at radius 1 is 0.256 bits per heavy atom. The van der Waals surface area contributed by atoms with Crippen LogP contribution in [0, 0.1) is 0 Å². The van der Waals surface area contributed by atoms with E-state index in [-0.39, 0.29) is 31.1 Å². The van der Waals surface area contributed by atoms with Gasteiger partial charge < -0.3 is 14.2 Å². The minimum atomic E-state index is -0.792. The zero-order valence-electron chi connectivity index (χ0n) is 54.8. The normalized spacial score (nSPS) is 12.5. The van der Waals surface area contributed by atoms with Gasteiger partial charge in [0.25, 0.3) is 0 Å². The van der Waals surface area contributed by atoms with Crippen molar-refractivity contribution in [2.75, 3.05) is 13.2 Å². The maximum atomic E-state index is 13.0. The number of allylic oxidation sites excluding steroid dienone is 12. The van der Waals surface area contributed by atoms with Crippen LogP contribution in [-0.4, -0.2) is 37.2 Å². The van der Waals surface area contributed by atoms with Crippen molar-refractivity contribution >= 4 is 17.9 Å². The third-order valence-electron chi connectivity index (χ3n) is 15.9. The SMILES string of the molecule is CC/C=C\C/C=C\C/C=C\C/C=C\CCCCC(=O)OCC(COC(=O)CCCCCCCCCCCCCCCCC/C=C\C/C=C\CCCCCCC)OC(=O)CCCCCCCCCCCCCCCCCCCCCCCC. The van der Waals surface area contributed by atoms with E-state index in [1.165, 1.54) is 244 Å². The lowest BCUT2D eigenvalue weighted by Gasteiger charge is -2.18. The number of ether oxygens (including phenoxy) is 3. The molecule has 0 heterocycles. The van der Waals surface area contributed by atoms with Gasteiger partial charge >= 0.3 is 17.9 Å². The van der Waals surface area contributed by atoms with E-state index in [0.29, 0.717) is 19.3 Å². The first kappa shape index (κ1) is 78.8. The summed E-state index contributed by atoms with van der Waals surface area (Å²) in [5.74, 6) is -0.905. The molecule has 0 aliphatic heterocycles. The number of esters is 3. The second-order valence-corrected chi connectivity index (χ2v) is 24.1. The van der Waals surface area contributed by atoms with E-state index in [1.807, 2.05) is 0 Å². The van der Waals surface area contributed by atoms with E-state index in [0.717, 1.165) is 89.9 Å². The average Bonchev–Trinajstić information content (AvgIpc) is 3.48. The molecule has 0 aromatic carbocycles. The van der Waals surface area contributed by atoms with Crippen LogP contribution in [0.1, 0.15) is 374 Å². The van der Waals surface area contributed by atoms with Crippen LogP contribution in [0.5, 0.6) is 0 Å². The van der Waals surface area contributed by atoms with E-state index < -0.39 is 6.10 Å². The van der Waals surface area contributed by atoms with Gasteiger partial charge in [0.1, 0.15) is 13.2 Å². The van der Waals surface area contributed by atoms with Gasteiger partial charge in [-0.15, -0.1) is 0 Å². The molecule has 0 aromatic rings. The van der Waals surface area contributed by atoms with Crippen molar-refractivity contribution in [3.8, 4) is 0 Å². The fourth-order valence-corrected chi connectivity index (χ4v) is 10.6. The third kappa shape index (κ3) is 67.6. The Morgan fingerprint density at radius 2 is 0.476 bits per heavy atom. The average molecular weight is 1150 g/mol. The first-order valence-electron chi connectivity index (χ1n) is 35.9. The second-order valence-electron chi connectivity index (χ2n) is 24.1. The van der Waals surface area contributed by atoms with Crippen LogP contribution >= 0.6 is 0 Å². The smallest absolute Gasteiger partial charge is 0.306 e. The highest BCUT2D eigenvalue weighted by molar-refractivity contribution is 5.71. The van der Waals surface area contributed by atoms with Crippen LogP contribution in [0.4, 0.5) is 0 Å². The molecule has 6 heteroatoms. The number of hydrogen-bond donors (Lipinski definition) is 0. The minimum absolute atomic E-state index is 0.0846. The van der Waals surface area contributed by atoms with E-state index in [9.17, 15) is 14.4 Å². The third-order valence-corrected chi connectivity index (χ3v) is 15.9. The molecular weight excluding hydrogens is 1010 g/mol. The van der Waals surface area contributed by atoms with E-state index >= 15 is 0 Å². The number of carbonyl (C=O) groups excluding carboxylic acids is 3. The summed E-state index contributed by atoms with van der Waals surface area (Å²) in [6.07, 6.45) is 92.3. The Kier molecular flexibility index (Phi) is 67.6. The van der Waals surface area contributed by atoms with Crippen LogP contribution in [0.3, 0.4) is 0 Å². The first-order valence-corrected chi connectivity index (χ1v) is 35.9. The molecule has 0 aromatic heterocycles. The van der Waals surface area contributed by atoms with Crippen LogP contribution in [0.25, 0.3) is 0 Å². The molecule has 0 rings (SSSR count). The van der Waals surface area contributed by atoms with Gasteiger partial charge in [0.2, 0.25) is 0 Å². The van der Waals surface area contributed by atoms with Gasteiger partial charge in [-0.3, -0.25) is 14.4 Å². The van der Waals surface area contributed by atoms with Crippen molar-refractivity contribution in [2.24, 2.45) is 0 Å². The van der Waals surface area contributed by atoms with E-state index in [1.54, 1.807) is 0 Å². The zero-order chi connectivity index (χ0) is 59.2. The lowest BCUT2D eigenvalue weighted by molar-refractivity contribution is -0.167. The summed E-state index contributed by atoms with van der Waals surface area (Å²) in [5, 5.41) is 0. The van der Waals surface area contributed by atoms with Gasteiger partial charge in [-0.25, -0.2) is 0 Å². The molecule has 0 saturated heterocycles. The molecule has 82 heavy (non-hydrogen) atoms. The van der Waals surface area contributed by atoms with E-state index in [4.69, 9.17) is 14.2 Å². The summed E-state index contributed by atoms with van der Waals surface area (Å²) in [6.45, 7) is 6.54. The fraction of sp³-hybridized carbons (Fsp3) is 0.803. The van der Waals surface area contributed by atoms with Gasteiger partial charge in [-0.2, -0.15) is 0 Å². The Bertz CT molecular complexity index is 1500. The fourth-order valence-electron chi connectivity index (χ4n) is 10.6. The molecule has 6 nitrogen and oxygen atoms in total. The van der Waals surface area contributed by atoms with Crippen LogP contribution in [0.2, 0.25) is 0 Å². The Balaban J connectivity index is 4.29. The van der Waals surface area contributed by atoms with Crippen molar-refractivity contribution < 1.29 is 28.6 Å². The minimum Gasteiger partial charge on any atom is -0.462 e. The summed E-state index contributed by atoms with van der Waals surface area (Å²) >= 11 is 0.